The van der Waals surface area contributed by atoms with Crippen LogP contribution in [-0.2, 0) is 28.0 Å². The fourth-order valence-corrected chi connectivity index (χ4v) is 5.19. The monoisotopic (exact) mass is 571 g/mol. The maximum atomic E-state index is 13.1. The van der Waals surface area contributed by atoms with E-state index in [9.17, 15) is 8.42 Å². The number of benzene rings is 2. The van der Waals surface area contributed by atoms with E-state index in [0.717, 1.165) is 23.0 Å². The third-order valence-corrected chi connectivity index (χ3v) is 8.10. The average molecular weight is 572 g/mol. The highest BCUT2D eigenvalue weighted by molar-refractivity contribution is 7.84. The normalized spacial score (nSPS) is 14.4. The van der Waals surface area contributed by atoms with Gasteiger partial charge in [0.1, 0.15) is 11.6 Å². The molecule has 1 saturated heterocycles. The zero-order valence-electron chi connectivity index (χ0n) is 23.1. The molecule has 216 valence electrons. The molecular weight excluding hydrogens is 534 g/mol. The third kappa shape index (κ3) is 6.91. The van der Waals surface area contributed by atoms with E-state index in [1.165, 1.54) is 7.05 Å². The van der Waals surface area contributed by atoms with Gasteiger partial charge < -0.3 is 30.9 Å². The summed E-state index contributed by atoms with van der Waals surface area (Å²) in [5.41, 5.74) is 22.2. The van der Waals surface area contributed by atoms with Crippen LogP contribution < -0.4 is 26.1 Å². The number of morpholine rings is 1. The number of ether oxygens (including phenoxy) is 2. The van der Waals surface area contributed by atoms with Crippen LogP contribution in [0.15, 0.2) is 36.5 Å². The molecule has 1 aliphatic rings. The molecule has 40 heavy (non-hydrogen) atoms. The number of nitrogens with zero attached hydrogens (tertiary/aromatic N) is 4. The van der Waals surface area contributed by atoms with Crippen LogP contribution in [0.25, 0.3) is 11.1 Å². The first kappa shape index (κ1) is 29.3. The van der Waals surface area contributed by atoms with Crippen LogP contribution in [0.5, 0.6) is 11.5 Å². The van der Waals surface area contributed by atoms with E-state index in [0.29, 0.717) is 66.5 Å². The predicted molar refractivity (Wildman–Crippen MR) is 155 cm³/mol. The number of rotatable bonds is 11. The number of nitrogens with two attached hydrogens (primary N) is 3. The molecule has 1 aliphatic heterocycles. The van der Waals surface area contributed by atoms with Gasteiger partial charge in [-0.05, 0) is 41.8 Å². The van der Waals surface area contributed by atoms with Gasteiger partial charge in [-0.2, -0.15) is 17.7 Å². The largest absolute Gasteiger partial charge is 0.493 e. The van der Waals surface area contributed by atoms with Gasteiger partial charge in [-0.15, -0.1) is 0 Å². The lowest BCUT2D eigenvalue weighted by atomic mass is 9.97. The SMILES string of the molecule is CCOc1cc(Cc2cnc(N)nc2N)cc(OS(=O)(=O)N(C)CC)c1-c1ccc(CN2CCOCC2)c(N)c1. The molecule has 1 fully saturated rings. The van der Waals surface area contributed by atoms with Crippen LogP contribution in [0.1, 0.15) is 30.5 Å². The Morgan fingerprint density at radius 3 is 2.42 bits per heavy atom. The smallest absolute Gasteiger partial charge is 0.384 e. The minimum atomic E-state index is -4.10. The number of aromatic nitrogens is 2. The zero-order valence-corrected chi connectivity index (χ0v) is 23.9. The Morgan fingerprint density at radius 1 is 1.05 bits per heavy atom. The van der Waals surface area contributed by atoms with Crippen molar-refractivity contribution in [3.05, 3.63) is 53.2 Å². The van der Waals surface area contributed by atoms with E-state index in [1.54, 1.807) is 19.2 Å². The third-order valence-electron chi connectivity index (χ3n) is 6.69. The molecule has 2 aromatic carbocycles. The Labute approximate surface area is 235 Å². The second-order valence-corrected chi connectivity index (χ2v) is 11.1. The Morgan fingerprint density at radius 2 is 1.77 bits per heavy atom. The molecule has 13 heteroatoms. The zero-order chi connectivity index (χ0) is 28.9. The molecule has 0 saturated carbocycles. The summed E-state index contributed by atoms with van der Waals surface area (Å²) in [7, 11) is -2.65. The Hall–Kier alpha value is -3.65. The molecule has 0 bridgehead atoms. The molecule has 12 nitrogen and oxygen atoms in total. The predicted octanol–water partition coefficient (Wildman–Crippen LogP) is 2.29. The summed E-state index contributed by atoms with van der Waals surface area (Å²) in [5.74, 6) is 0.856. The van der Waals surface area contributed by atoms with Crippen LogP contribution >= 0.6 is 0 Å². The van der Waals surface area contributed by atoms with Crippen molar-refractivity contribution in [3.8, 4) is 22.6 Å². The molecule has 0 spiro atoms. The fourth-order valence-electron chi connectivity index (χ4n) is 4.39. The van der Waals surface area contributed by atoms with E-state index in [1.807, 2.05) is 31.2 Å². The maximum absolute atomic E-state index is 13.1. The van der Waals surface area contributed by atoms with E-state index in [2.05, 4.69) is 14.9 Å². The number of nitrogen functional groups attached to an aromatic ring is 3. The van der Waals surface area contributed by atoms with Crippen molar-refractivity contribution >= 4 is 27.8 Å². The van der Waals surface area contributed by atoms with Gasteiger partial charge in [0.25, 0.3) is 0 Å². The van der Waals surface area contributed by atoms with Crippen molar-refractivity contribution in [2.75, 3.05) is 63.7 Å². The van der Waals surface area contributed by atoms with E-state index >= 15 is 0 Å². The lowest BCUT2D eigenvalue weighted by molar-refractivity contribution is 0.0343. The number of hydrogen-bond acceptors (Lipinski definition) is 11. The van der Waals surface area contributed by atoms with Gasteiger partial charge in [0.2, 0.25) is 5.95 Å². The van der Waals surface area contributed by atoms with E-state index in [4.69, 9.17) is 30.9 Å². The maximum Gasteiger partial charge on any atom is 0.384 e. The molecule has 0 aliphatic carbocycles. The lowest BCUT2D eigenvalue weighted by Crippen LogP contribution is -2.35. The number of anilines is 3. The fraction of sp³-hybridized carbons (Fsp3) is 0.407. The van der Waals surface area contributed by atoms with Crippen LogP contribution in [0.2, 0.25) is 0 Å². The molecule has 1 aromatic heterocycles. The van der Waals surface area contributed by atoms with Crippen molar-refractivity contribution < 1.29 is 22.1 Å². The van der Waals surface area contributed by atoms with Crippen molar-refractivity contribution in [2.45, 2.75) is 26.8 Å². The van der Waals surface area contributed by atoms with Gasteiger partial charge in [-0.3, -0.25) is 4.90 Å². The quantitative estimate of drug-likeness (QED) is 0.288. The molecule has 0 amide bonds. The standard InChI is InChI=1S/C27H37N7O5S/c1-4-33(3)40(35,36)39-24-14-18(12-21-16-31-27(30)32-26(21)29)13-23(38-5-2)25(24)19-6-7-20(22(28)15-19)17-34-8-10-37-11-9-34/h6-7,13-16H,4-5,8-12,17,28H2,1-3H3,(H4,29,30,31,32). The van der Waals surface area contributed by atoms with E-state index in [-0.39, 0.29) is 24.1 Å². The summed E-state index contributed by atoms with van der Waals surface area (Å²) in [6.45, 7) is 7.90. The summed E-state index contributed by atoms with van der Waals surface area (Å²) in [6.07, 6.45) is 1.84. The van der Waals surface area contributed by atoms with Gasteiger partial charge in [-0.25, -0.2) is 4.98 Å². The lowest BCUT2D eigenvalue weighted by Gasteiger charge is -2.27. The molecule has 6 N–H and O–H groups in total. The summed E-state index contributed by atoms with van der Waals surface area (Å²) in [4.78, 5) is 10.3. The van der Waals surface area contributed by atoms with Crippen LogP contribution in [0.3, 0.4) is 0 Å². The van der Waals surface area contributed by atoms with E-state index < -0.39 is 10.3 Å². The second kappa shape index (κ2) is 12.7. The van der Waals surface area contributed by atoms with Crippen LogP contribution in [-0.4, -0.2) is 74.1 Å². The van der Waals surface area contributed by atoms with Crippen LogP contribution in [0, 0.1) is 0 Å². The first-order valence-electron chi connectivity index (χ1n) is 13.1. The van der Waals surface area contributed by atoms with Gasteiger partial charge in [-0.1, -0.05) is 19.1 Å². The van der Waals surface area contributed by atoms with Crippen molar-refractivity contribution in [2.24, 2.45) is 0 Å². The molecule has 4 rings (SSSR count). The molecule has 2 heterocycles. The van der Waals surface area contributed by atoms with Gasteiger partial charge in [0.15, 0.2) is 5.75 Å². The summed E-state index contributed by atoms with van der Waals surface area (Å²) in [5, 5.41) is 0. The number of hydrogen-bond donors (Lipinski definition) is 3. The summed E-state index contributed by atoms with van der Waals surface area (Å²) in [6, 6.07) is 9.16. The molecule has 0 atom stereocenters. The highest BCUT2D eigenvalue weighted by atomic mass is 32.2. The molecule has 3 aromatic rings. The topological polar surface area (TPSA) is 172 Å². The van der Waals surface area contributed by atoms with Crippen molar-refractivity contribution in [3.63, 3.8) is 0 Å². The molecule has 0 unspecified atom stereocenters. The van der Waals surface area contributed by atoms with Gasteiger partial charge >= 0.3 is 10.3 Å². The first-order chi connectivity index (χ1) is 19.1. The van der Waals surface area contributed by atoms with Crippen molar-refractivity contribution in [1.29, 1.82) is 0 Å². The molecular formula is C27H37N7O5S. The Kier molecular flexibility index (Phi) is 9.30. The average Bonchev–Trinajstić information content (AvgIpc) is 2.91. The second-order valence-electron chi connectivity index (χ2n) is 9.47. The summed E-state index contributed by atoms with van der Waals surface area (Å²) < 4.78 is 44.4. The summed E-state index contributed by atoms with van der Waals surface area (Å²) >= 11 is 0. The van der Waals surface area contributed by atoms with Gasteiger partial charge in [0, 0.05) is 57.1 Å². The minimum absolute atomic E-state index is 0.0685. The van der Waals surface area contributed by atoms with Gasteiger partial charge in [0.05, 0.1) is 25.4 Å². The highest BCUT2D eigenvalue weighted by Crippen LogP contribution is 2.42. The molecule has 0 radical (unpaired) electrons. The Balaban J connectivity index is 1.79. The van der Waals surface area contributed by atoms with Crippen molar-refractivity contribution in [1.82, 2.24) is 19.2 Å². The first-order valence-corrected chi connectivity index (χ1v) is 14.5. The minimum Gasteiger partial charge on any atom is -0.493 e. The highest BCUT2D eigenvalue weighted by Gasteiger charge is 2.25. The van der Waals surface area contributed by atoms with Crippen LogP contribution in [0.4, 0.5) is 17.5 Å². The Bertz CT molecular complexity index is 1450.